The van der Waals surface area contributed by atoms with Crippen LogP contribution in [-0.2, 0) is 14.4 Å². The number of hydrogen-bond acceptors (Lipinski definition) is 3. The summed E-state index contributed by atoms with van der Waals surface area (Å²) in [6, 6.07) is 7.33. The van der Waals surface area contributed by atoms with Crippen LogP contribution in [0.4, 0.5) is 11.4 Å². The zero-order chi connectivity index (χ0) is 17.8. The molecule has 3 N–H and O–H groups in total. The highest BCUT2D eigenvalue weighted by atomic mass is 16.2. The molecule has 0 aromatic heterocycles. The summed E-state index contributed by atoms with van der Waals surface area (Å²) in [4.78, 5) is 37.9. The molecule has 6 nitrogen and oxygen atoms in total. The summed E-state index contributed by atoms with van der Waals surface area (Å²) < 4.78 is 0. The fourth-order valence-corrected chi connectivity index (χ4v) is 3.83. The lowest BCUT2D eigenvalue weighted by molar-refractivity contribution is -0.129. The number of hydrogen-bond donors (Lipinski definition) is 2. The van der Waals surface area contributed by atoms with Crippen LogP contribution >= 0.6 is 0 Å². The normalized spacial score (nSPS) is 24.0. The topological polar surface area (TPSA) is 92.5 Å². The number of rotatable bonds is 4. The molecule has 0 bridgehead atoms. The lowest BCUT2D eigenvalue weighted by atomic mass is 9.94. The van der Waals surface area contributed by atoms with E-state index in [1.165, 1.54) is 0 Å². The highest BCUT2D eigenvalue weighted by Gasteiger charge is 2.36. The molecule has 1 heterocycles. The summed E-state index contributed by atoms with van der Waals surface area (Å²) in [6.45, 7) is 0.743. The van der Waals surface area contributed by atoms with Crippen LogP contribution in [0.2, 0.25) is 0 Å². The first-order chi connectivity index (χ1) is 12.1. The second-order valence-electron chi connectivity index (χ2n) is 6.94. The predicted molar refractivity (Wildman–Crippen MR) is 95.9 cm³/mol. The Kier molecular flexibility index (Phi) is 5.36. The average molecular weight is 343 g/mol. The Morgan fingerprint density at radius 2 is 1.72 bits per heavy atom. The molecule has 2 aliphatic rings. The molecule has 1 aromatic carbocycles. The van der Waals surface area contributed by atoms with Gasteiger partial charge in [-0.1, -0.05) is 12.8 Å². The Hall–Kier alpha value is -2.37. The zero-order valence-electron chi connectivity index (χ0n) is 14.4. The second kappa shape index (κ2) is 7.68. The van der Waals surface area contributed by atoms with E-state index in [2.05, 4.69) is 5.32 Å². The van der Waals surface area contributed by atoms with Crippen molar-refractivity contribution in [3.63, 3.8) is 0 Å². The van der Waals surface area contributed by atoms with Gasteiger partial charge < -0.3 is 16.0 Å². The van der Waals surface area contributed by atoms with Crippen molar-refractivity contribution in [3.8, 4) is 0 Å². The largest absolute Gasteiger partial charge is 0.369 e. The van der Waals surface area contributed by atoms with Crippen LogP contribution in [0.1, 0.15) is 44.9 Å². The Morgan fingerprint density at radius 1 is 1.00 bits per heavy atom. The standard InChI is InChI=1S/C19H25N3O3/c20-18(24)15-5-4-6-16(15)19(25)21-13-8-10-14(11-9-13)22-12-3-1-2-7-17(22)23/h8-11,15-16H,1-7,12H2,(H2,20,24)(H,21,25). The summed E-state index contributed by atoms with van der Waals surface area (Å²) in [5.41, 5.74) is 6.93. The van der Waals surface area contributed by atoms with Gasteiger partial charge >= 0.3 is 0 Å². The van der Waals surface area contributed by atoms with Crippen molar-refractivity contribution in [2.45, 2.75) is 44.9 Å². The molecule has 3 amide bonds. The molecule has 0 radical (unpaired) electrons. The van der Waals surface area contributed by atoms with E-state index in [0.717, 1.165) is 37.9 Å². The molecule has 1 aliphatic carbocycles. The molecular formula is C19H25N3O3. The van der Waals surface area contributed by atoms with Gasteiger partial charge in [0.05, 0.1) is 0 Å². The summed E-state index contributed by atoms with van der Waals surface area (Å²) in [6.07, 6.45) is 5.87. The molecule has 1 aromatic rings. The fraction of sp³-hybridized carbons (Fsp3) is 0.526. The first kappa shape index (κ1) is 17.5. The highest BCUT2D eigenvalue weighted by molar-refractivity contribution is 5.97. The van der Waals surface area contributed by atoms with Gasteiger partial charge in [0, 0.05) is 36.2 Å². The lowest BCUT2D eigenvalue weighted by Gasteiger charge is -2.21. The van der Waals surface area contributed by atoms with Crippen molar-refractivity contribution in [1.82, 2.24) is 0 Å². The maximum absolute atomic E-state index is 12.4. The van der Waals surface area contributed by atoms with Crippen molar-refractivity contribution in [2.75, 3.05) is 16.8 Å². The number of amides is 3. The van der Waals surface area contributed by atoms with Gasteiger partial charge in [-0.25, -0.2) is 0 Å². The number of carbonyl (C=O) groups is 3. The molecule has 2 atom stereocenters. The Labute approximate surface area is 147 Å². The average Bonchev–Trinajstić information content (AvgIpc) is 3.00. The van der Waals surface area contributed by atoms with Gasteiger partial charge in [-0.3, -0.25) is 14.4 Å². The Bertz CT molecular complexity index is 656. The molecule has 0 spiro atoms. The first-order valence-corrected chi connectivity index (χ1v) is 9.07. The molecule has 25 heavy (non-hydrogen) atoms. The Morgan fingerprint density at radius 3 is 2.44 bits per heavy atom. The maximum Gasteiger partial charge on any atom is 0.228 e. The number of benzene rings is 1. The molecule has 1 saturated heterocycles. The van der Waals surface area contributed by atoms with Gasteiger partial charge in [0.2, 0.25) is 17.7 Å². The number of carbonyl (C=O) groups excluding carboxylic acids is 3. The van der Waals surface area contributed by atoms with Gasteiger partial charge in [-0.05, 0) is 49.9 Å². The van der Waals surface area contributed by atoms with E-state index in [1.807, 2.05) is 17.0 Å². The van der Waals surface area contributed by atoms with Crippen molar-refractivity contribution in [2.24, 2.45) is 17.6 Å². The van der Waals surface area contributed by atoms with E-state index in [9.17, 15) is 14.4 Å². The van der Waals surface area contributed by atoms with Gasteiger partial charge in [0.25, 0.3) is 0 Å². The van der Waals surface area contributed by atoms with E-state index < -0.39 is 5.91 Å². The first-order valence-electron chi connectivity index (χ1n) is 9.07. The second-order valence-corrected chi connectivity index (χ2v) is 6.94. The molecule has 1 saturated carbocycles. The number of nitrogens with one attached hydrogen (secondary N) is 1. The predicted octanol–water partition coefficient (Wildman–Crippen LogP) is 2.43. The molecule has 3 rings (SSSR count). The number of nitrogens with zero attached hydrogens (tertiary/aromatic N) is 1. The molecule has 134 valence electrons. The minimum Gasteiger partial charge on any atom is -0.369 e. The van der Waals surface area contributed by atoms with Gasteiger partial charge in [0.15, 0.2) is 0 Å². The lowest BCUT2D eigenvalue weighted by Crippen LogP contribution is -2.33. The fourth-order valence-electron chi connectivity index (χ4n) is 3.83. The molecule has 6 heteroatoms. The van der Waals surface area contributed by atoms with Crippen molar-refractivity contribution >= 4 is 29.1 Å². The Balaban J connectivity index is 1.65. The monoisotopic (exact) mass is 343 g/mol. The summed E-state index contributed by atoms with van der Waals surface area (Å²) in [7, 11) is 0. The maximum atomic E-state index is 12.4. The van der Waals surface area contributed by atoms with Crippen molar-refractivity contribution in [3.05, 3.63) is 24.3 Å². The van der Waals surface area contributed by atoms with Crippen LogP contribution < -0.4 is 16.0 Å². The highest BCUT2D eigenvalue weighted by Crippen LogP contribution is 2.32. The van der Waals surface area contributed by atoms with Crippen LogP contribution in [0, 0.1) is 11.8 Å². The van der Waals surface area contributed by atoms with E-state index in [-0.39, 0.29) is 23.7 Å². The molecule has 1 aliphatic heterocycles. The van der Waals surface area contributed by atoms with E-state index in [1.54, 1.807) is 12.1 Å². The van der Waals surface area contributed by atoms with Crippen LogP contribution in [0.5, 0.6) is 0 Å². The van der Waals surface area contributed by atoms with Gasteiger partial charge in [0.1, 0.15) is 0 Å². The summed E-state index contributed by atoms with van der Waals surface area (Å²) >= 11 is 0. The molecular weight excluding hydrogens is 318 g/mol. The number of anilines is 2. The van der Waals surface area contributed by atoms with E-state index in [4.69, 9.17) is 5.73 Å². The number of nitrogens with two attached hydrogens (primary N) is 1. The van der Waals surface area contributed by atoms with Crippen LogP contribution in [-0.4, -0.2) is 24.3 Å². The smallest absolute Gasteiger partial charge is 0.228 e. The minimum absolute atomic E-state index is 0.153. The minimum atomic E-state index is -0.396. The summed E-state index contributed by atoms with van der Waals surface area (Å²) in [5, 5.41) is 2.87. The summed E-state index contributed by atoms with van der Waals surface area (Å²) in [5.74, 6) is -1.10. The van der Waals surface area contributed by atoms with Crippen molar-refractivity contribution < 1.29 is 14.4 Å². The van der Waals surface area contributed by atoms with E-state index >= 15 is 0 Å². The third kappa shape index (κ3) is 4.00. The van der Waals surface area contributed by atoms with Gasteiger partial charge in [-0.15, -0.1) is 0 Å². The quantitative estimate of drug-likeness (QED) is 0.879. The number of primary amides is 1. The van der Waals surface area contributed by atoms with Crippen LogP contribution in [0.25, 0.3) is 0 Å². The van der Waals surface area contributed by atoms with Crippen LogP contribution in [0.15, 0.2) is 24.3 Å². The van der Waals surface area contributed by atoms with E-state index in [0.29, 0.717) is 24.9 Å². The molecule has 2 fully saturated rings. The third-order valence-electron chi connectivity index (χ3n) is 5.24. The van der Waals surface area contributed by atoms with Crippen LogP contribution in [0.3, 0.4) is 0 Å². The van der Waals surface area contributed by atoms with Gasteiger partial charge in [-0.2, -0.15) is 0 Å². The SMILES string of the molecule is NC(=O)C1CCCC1C(=O)Nc1ccc(N2CCCCCC2=O)cc1. The zero-order valence-corrected chi connectivity index (χ0v) is 14.4. The molecule has 2 unspecified atom stereocenters. The third-order valence-corrected chi connectivity index (χ3v) is 5.24. The van der Waals surface area contributed by atoms with Crippen molar-refractivity contribution in [1.29, 1.82) is 0 Å².